The molecular weight excluding hydrogens is 244 g/mol. The van der Waals surface area contributed by atoms with E-state index < -0.39 is 0 Å². The Kier molecular flexibility index (Phi) is 3.50. The number of amides is 1. The average Bonchev–Trinajstić information content (AvgIpc) is 2.69. The number of nitrogens with two attached hydrogens (primary N) is 1. The first-order valence-corrected chi connectivity index (χ1v) is 5.93. The number of hydrogen-bond acceptors (Lipinski definition) is 5. The molecule has 2 aromatic rings. The molecule has 2 rings (SSSR count). The van der Waals surface area contributed by atoms with E-state index in [2.05, 4.69) is 15.5 Å². The normalized spacial score (nSPS) is 12.2. The van der Waals surface area contributed by atoms with Gasteiger partial charge in [-0.2, -0.15) is 0 Å². The molecule has 2 aromatic heterocycles. The summed E-state index contributed by atoms with van der Waals surface area (Å²) in [5, 5.41) is 6.75. The standard InChI is InChI=1S/C13H16N4O2/c1-7(12-8(2)17-19-9(12)3)16-13(18)10-4-5-15-6-11(10)14/h4-7H,14H2,1-3H3,(H,16,18). The van der Waals surface area contributed by atoms with Gasteiger partial charge in [0.05, 0.1) is 29.2 Å². The van der Waals surface area contributed by atoms with Crippen LogP contribution in [-0.4, -0.2) is 16.0 Å². The lowest BCUT2D eigenvalue weighted by Crippen LogP contribution is -2.28. The van der Waals surface area contributed by atoms with Gasteiger partial charge in [0.1, 0.15) is 5.76 Å². The van der Waals surface area contributed by atoms with Gasteiger partial charge in [-0.05, 0) is 26.8 Å². The van der Waals surface area contributed by atoms with Gasteiger partial charge in [0.2, 0.25) is 0 Å². The second kappa shape index (κ2) is 5.09. The highest BCUT2D eigenvalue weighted by atomic mass is 16.5. The van der Waals surface area contributed by atoms with E-state index in [0.717, 1.165) is 11.3 Å². The van der Waals surface area contributed by atoms with Crippen LogP contribution >= 0.6 is 0 Å². The van der Waals surface area contributed by atoms with E-state index in [1.807, 2.05) is 20.8 Å². The molecule has 0 aliphatic rings. The summed E-state index contributed by atoms with van der Waals surface area (Å²) in [7, 11) is 0. The van der Waals surface area contributed by atoms with E-state index in [-0.39, 0.29) is 11.9 Å². The van der Waals surface area contributed by atoms with Crippen LogP contribution in [0.1, 0.15) is 40.3 Å². The minimum Gasteiger partial charge on any atom is -0.397 e. The zero-order valence-electron chi connectivity index (χ0n) is 11.1. The van der Waals surface area contributed by atoms with Crippen LogP contribution in [0.2, 0.25) is 0 Å². The highest BCUT2D eigenvalue weighted by molar-refractivity contribution is 5.99. The van der Waals surface area contributed by atoms with E-state index in [9.17, 15) is 4.79 Å². The van der Waals surface area contributed by atoms with Crippen molar-refractivity contribution < 1.29 is 9.32 Å². The Labute approximate surface area is 111 Å². The summed E-state index contributed by atoms with van der Waals surface area (Å²) < 4.78 is 5.09. The zero-order valence-corrected chi connectivity index (χ0v) is 11.1. The minimum atomic E-state index is -0.243. The Bertz CT molecular complexity index is 587. The summed E-state index contributed by atoms with van der Waals surface area (Å²) in [5.74, 6) is 0.459. The van der Waals surface area contributed by atoms with Crippen LogP contribution in [0.25, 0.3) is 0 Å². The number of rotatable bonds is 3. The number of nitrogens with one attached hydrogen (secondary N) is 1. The Morgan fingerprint density at radius 2 is 2.21 bits per heavy atom. The summed E-state index contributed by atoms with van der Waals surface area (Å²) in [4.78, 5) is 16.0. The second-order valence-electron chi connectivity index (χ2n) is 4.40. The molecule has 6 nitrogen and oxygen atoms in total. The molecule has 0 spiro atoms. The van der Waals surface area contributed by atoms with Crippen molar-refractivity contribution in [3.8, 4) is 0 Å². The third-order valence-corrected chi connectivity index (χ3v) is 2.97. The Morgan fingerprint density at radius 1 is 1.47 bits per heavy atom. The number of aryl methyl sites for hydroxylation is 2. The Balaban J connectivity index is 2.18. The minimum absolute atomic E-state index is 0.202. The molecule has 19 heavy (non-hydrogen) atoms. The molecular formula is C13H16N4O2. The first-order valence-electron chi connectivity index (χ1n) is 5.93. The van der Waals surface area contributed by atoms with Crippen molar-refractivity contribution in [3.63, 3.8) is 0 Å². The summed E-state index contributed by atoms with van der Waals surface area (Å²) in [6.07, 6.45) is 2.99. The van der Waals surface area contributed by atoms with Crippen molar-refractivity contribution in [2.24, 2.45) is 0 Å². The van der Waals surface area contributed by atoms with Gasteiger partial charge < -0.3 is 15.6 Å². The van der Waals surface area contributed by atoms with Crippen LogP contribution in [0.3, 0.4) is 0 Å². The van der Waals surface area contributed by atoms with Crippen LogP contribution in [0.15, 0.2) is 23.0 Å². The van der Waals surface area contributed by atoms with Gasteiger partial charge in [0.25, 0.3) is 5.91 Å². The number of nitrogen functional groups attached to an aromatic ring is 1. The van der Waals surface area contributed by atoms with Gasteiger partial charge in [0.15, 0.2) is 0 Å². The molecule has 0 bridgehead atoms. The topological polar surface area (TPSA) is 94.0 Å². The van der Waals surface area contributed by atoms with Gasteiger partial charge in [-0.1, -0.05) is 5.16 Å². The van der Waals surface area contributed by atoms with E-state index in [1.54, 1.807) is 6.07 Å². The molecule has 100 valence electrons. The molecule has 1 amide bonds. The molecule has 0 radical (unpaired) electrons. The molecule has 3 N–H and O–H groups in total. The van der Waals surface area contributed by atoms with E-state index >= 15 is 0 Å². The van der Waals surface area contributed by atoms with Gasteiger partial charge in [-0.3, -0.25) is 9.78 Å². The van der Waals surface area contributed by atoms with Crippen molar-refractivity contribution in [2.75, 3.05) is 5.73 Å². The number of aromatic nitrogens is 2. The van der Waals surface area contributed by atoms with E-state index in [0.29, 0.717) is 17.0 Å². The number of carbonyl (C=O) groups is 1. The van der Waals surface area contributed by atoms with Crippen molar-refractivity contribution in [3.05, 3.63) is 41.0 Å². The molecule has 6 heteroatoms. The van der Waals surface area contributed by atoms with E-state index in [1.165, 1.54) is 12.4 Å². The molecule has 1 unspecified atom stereocenters. The quantitative estimate of drug-likeness (QED) is 0.876. The molecule has 0 saturated carbocycles. The largest absolute Gasteiger partial charge is 0.397 e. The average molecular weight is 260 g/mol. The van der Waals surface area contributed by atoms with Crippen molar-refractivity contribution in [1.82, 2.24) is 15.5 Å². The highest BCUT2D eigenvalue weighted by Gasteiger charge is 2.19. The maximum atomic E-state index is 12.1. The molecule has 0 aliphatic heterocycles. The second-order valence-corrected chi connectivity index (χ2v) is 4.40. The van der Waals surface area contributed by atoms with Crippen LogP contribution in [-0.2, 0) is 0 Å². The fraction of sp³-hybridized carbons (Fsp3) is 0.308. The summed E-state index contributed by atoms with van der Waals surface area (Å²) >= 11 is 0. The predicted octanol–water partition coefficient (Wildman–Crippen LogP) is 1.76. The number of anilines is 1. The number of nitrogens with zero attached hydrogens (tertiary/aromatic N) is 2. The van der Waals surface area contributed by atoms with Crippen molar-refractivity contribution in [1.29, 1.82) is 0 Å². The van der Waals surface area contributed by atoms with E-state index in [4.69, 9.17) is 10.3 Å². The molecule has 2 heterocycles. The van der Waals surface area contributed by atoms with Gasteiger partial charge in [0, 0.05) is 11.8 Å². The third kappa shape index (κ3) is 2.57. The fourth-order valence-corrected chi connectivity index (χ4v) is 2.07. The fourth-order valence-electron chi connectivity index (χ4n) is 2.07. The van der Waals surface area contributed by atoms with Gasteiger partial charge in [-0.15, -0.1) is 0 Å². The molecule has 0 aromatic carbocycles. The third-order valence-electron chi connectivity index (χ3n) is 2.97. The summed E-state index contributed by atoms with van der Waals surface area (Å²) in [5.41, 5.74) is 8.15. The number of pyridine rings is 1. The Hall–Kier alpha value is -2.37. The lowest BCUT2D eigenvalue weighted by atomic mass is 10.1. The van der Waals surface area contributed by atoms with Crippen molar-refractivity contribution in [2.45, 2.75) is 26.8 Å². The monoisotopic (exact) mass is 260 g/mol. The first kappa shape index (κ1) is 13.1. The van der Waals surface area contributed by atoms with Crippen LogP contribution in [0.5, 0.6) is 0 Å². The molecule has 1 atom stereocenters. The molecule has 0 saturated heterocycles. The number of carbonyl (C=O) groups excluding carboxylic acids is 1. The summed E-state index contributed by atoms with van der Waals surface area (Å²) in [6, 6.07) is 1.39. The van der Waals surface area contributed by atoms with Crippen LogP contribution in [0, 0.1) is 13.8 Å². The highest BCUT2D eigenvalue weighted by Crippen LogP contribution is 2.21. The maximum absolute atomic E-state index is 12.1. The lowest BCUT2D eigenvalue weighted by Gasteiger charge is -2.14. The predicted molar refractivity (Wildman–Crippen MR) is 70.5 cm³/mol. The lowest BCUT2D eigenvalue weighted by molar-refractivity contribution is 0.0940. The summed E-state index contributed by atoms with van der Waals surface area (Å²) in [6.45, 7) is 5.54. The number of hydrogen-bond donors (Lipinski definition) is 2. The smallest absolute Gasteiger partial charge is 0.253 e. The SMILES string of the molecule is Cc1noc(C)c1C(C)NC(=O)c1ccncc1N. The molecule has 0 fully saturated rings. The molecule has 0 aliphatic carbocycles. The van der Waals surface area contributed by atoms with Gasteiger partial charge >= 0.3 is 0 Å². The maximum Gasteiger partial charge on any atom is 0.253 e. The van der Waals surface area contributed by atoms with Crippen molar-refractivity contribution >= 4 is 11.6 Å². The van der Waals surface area contributed by atoms with Crippen LogP contribution < -0.4 is 11.1 Å². The van der Waals surface area contributed by atoms with Crippen LogP contribution in [0.4, 0.5) is 5.69 Å². The Morgan fingerprint density at radius 3 is 2.79 bits per heavy atom. The first-order chi connectivity index (χ1) is 9.00. The zero-order chi connectivity index (χ0) is 14.0. The van der Waals surface area contributed by atoms with Gasteiger partial charge in [-0.25, -0.2) is 0 Å².